The molecule has 0 spiro atoms. The highest BCUT2D eigenvalue weighted by Crippen LogP contribution is 2.61. The number of nitrogens with one attached hydrogen (secondary N) is 3. The number of sulfonamides is 1. The Balaban J connectivity index is 1.22. The van der Waals surface area contributed by atoms with Gasteiger partial charge in [0, 0.05) is 32.1 Å². The van der Waals surface area contributed by atoms with Crippen LogP contribution in [0.3, 0.4) is 0 Å². The molecule has 0 unspecified atom stereocenters. The van der Waals surface area contributed by atoms with Crippen LogP contribution in [0.4, 0.5) is 5.69 Å². The zero-order chi connectivity index (χ0) is 21.4. The maximum Gasteiger partial charge on any atom is 0.240 e. The summed E-state index contributed by atoms with van der Waals surface area (Å²) in [4.78, 5) is 23.7. The average Bonchev–Trinajstić information content (AvgIpc) is 2.64. The predicted molar refractivity (Wildman–Crippen MR) is 114 cm³/mol. The molecular formula is C22H31N3O4S. The van der Waals surface area contributed by atoms with E-state index in [9.17, 15) is 18.0 Å². The van der Waals surface area contributed by atoms with E-state index in [2.05, 4.69) is 15.4 Å². The van der Waals surface area contributed by atoms with E-state index < -0.39 is 10.0 Å². The first-order valence-corrected chi connectivity index (χ1v) is 12.4. The van der Waals surface area contributed by atoms with Crippen molar-refractivity contribution >= 4 is 27.5 Å². The molecule has 164 valence electrons. The van der Waals surface area contributed by atoms with Crippen LogP contribution in [0.25, 0.3) is 0 Å². The number of amides is 2. The zero-order valence-corrected chi connectivity index (χ0v) is 18.3. The maximum absolute atomic E-state index is 12.5. The van der Waals surface area contributed by atoms with Gasteiger partial charge >= 0.3 is 0 Å². The second-order valence-corrected chi connectivity index (χ2v) is 11.3. The van der Waals surface area contributed by atoms with Crippen LogP contribution in [-0.2, 0) is 19.6 Å². The Morgan fingerprint density at radius 1 is 0.967 bits per heavy atom. The molecule has 7 nitrogen and oxygen atoms in total. The van der Waals surface area contributed by atoms with E-state index >= 15 is 0 Å². The molecule has 0 saturated heterocycles. The first-order chi connectivity index (χ1) is 14.2. The molecule has 4 bridgehead atoms. The van der Waals surface area contributed by atoms with E-state index in [0.717, 1.165) is 17.8 Å². The van der Waals surface area contributed by atoms with Gasteiger partial charge in [0.15, 0.2) is 0 Å². The normalized spacial score (nSPS) is 29.6. The molecule has 2 amide bonds. The van der Waals surface area contributed by atoms with Crippen molar-refractivity contribution in [3.8, 4) is 0 Å². The molecule has 0 aliphatic heterocycles. The van der Waals surface area contributed by atoms with Crippen molar-refractivity contribution in [3.05, 3.63) is 24.3 Å². The Kier molecular flexibility index (Phi) is 5.90. The smallest absolute Gasteiger partial charge is 0.240 e. The van der Waals surface area contributed by atoms with Gasteiger partial charge in [-0.2, -0.15) is 0 Å². The molecule has 30 heavy (non-hydrogen) atoms. The lowest BCUT2D eigenvalue weighted by molar-refractivity contribution is -0.129. The highest BCUT2D eigenvalue weighted by molar-refractivity contribution is 7.89. The Labute approximate surface area is 178 Å². The molecule has 4 saturated carbocycles. The Morgan fingerprint density at radius 3 is 2.07 bits per heavy atom. The summed E-state index contributed by atoms with van der Waals surface area (Å²) in [6, 6.07) is 5.98. The maximum atomic E-state index is 12.5. The fourth-order valence-electron chi connectivity index (χ4n) is 6.30. The van der Waals surface area contributed by atoms with Gasteiger partial charge in [0.2, 0.25) is 21.8 Å². The first kappa shape index (κ1) is 21.3. The molecule has 4 aliphatic rings. The Bertz CT molecular complexity index is 876. The van der Waals surface area contributed by atoms with Crippen molar-refractivity contribution in [2.45, 2.75) is 56.8 Å². The van der Waals surface area contributed by atoms with Crippen molar-refractivity contribution in [1.29, 1.82) is 0 Å². The minimum Gasteiger partial charge on any atom is -0.355 e. The summed E-state index contributed by atoms with van der Waals surface area (Å²) >= 11 is 0. The lowest BCUT2D eigenvalue weighted by Gasteiger charge is -2.56. The van der Waals surface area contributed by atoms with E-state index in [1.54, 1.807) is 12.1 Å². The summed E-state index contributed by atoms with van der Waals surface area (Å²) < 4.78 is 27.3. The van der Waals surface area contributed by atoms with Crippen LogP contribution in [0.2, 0.25) is 0 Å². The second kappa shape index (κ2) is 8.30. The summed E-state index contributed by atoms with van der Waals surface area (Å²) in [5.74, 6) is 2.26. The van der Waals surface area contributed by atoms with Crippen molar-refractivity contribution < 1.29 is 18.0 Å². The summed E-state index contributed by atoms with van der Waals surface area (Å²) in [6.45, 7) is 1.81. The number of benzene rings is 1. The van der Waals surface area contributed by atoms with Crippen LogP contribution in [0.15, 0.2) is 29.2 Å². The van der Waals surface area contributed by atoms with E-state index in [0.29, 0.717) is 12.1 Å². The molecule has 5 rings (SSSR count). The van der Waals surface area contributed by atoms with Gasteiger partial charge in [0.25, 0.3) is 0 Å². The highest BCUT2D eigenvalue weighted by atomic mass is 32.2. The lowest BCUT2D eigenvalue weighted by atomic mass is 9.49. The molecule has 0 radical (unpaired) electrons. The molecule has 1 aromatic rings. The second-order valence-electron chi connectivity index (χ2n) is 9.55. The third-order valence-electron chi connectivity index (χ3n) is 6.92. The zero-order valence-electron chi connectivity index (χ0n) is 17.4. The van der Waals surface area contributed by atoms with Gasteiger partial charge in [-0.25, -0.2) is 13.1 Å². The van der Waals surface area contributed by atoms with Crippen LogP contribution in [0.5, 0.6) is 0 Å². The number of carbonyl (C=O) groups is 2. The largest absolute Gasteiger partial charge is 0.355 e. The highest BCUT2D eigenvalue weighted by Gasteiger charge is 2.51. The number of hydrogen-bond donors (Lipinski definition) is 3. The van der Waals surface area contributed by atoms with Gasteiger partial charge in [-0.1, -0.05) is 0 Å². The van der Waals surface area contributed by atoms with Crippen molar-refractivity contribution in [2.75, 3.05) is 18.4 Å². The molecule has 8 heteroatoms. The first-order valence-electron chi connectivity index (χ1n) is 10.9. The number of anilines is 1. The summed E-state index contributed by atoms with van der Waals surface area (Å²) in [5.41, 5.74) is 0.729. The molecule has 0 aromatic heterocycles. The van der Waals surface area contributed by atoms with Crippen molar-refractivity contribution in [1.82, 2.24) is 10.0 Å². The average molecular weight is 434 g/mol. The summed E-state index contributed by atoms with van der Waals surface area (Å²) in [6.07, 6.45) is 8.21. The minimum atomic E-state index is -3.66. The fraction of sp³-hybridized carbons (Fsp3) is 0.636. The lowest BCUT2D eigenvalue weighted by Crippen LogP contribution is -2.48. The van der Waals surface area contributed by atoms with E-state index in [4.69, 9.17) is 0 Å². The third kappa shape index (κ3) is 4.86. The number of carbonyl (C=O) groups excluding carboxylic acids is 2. The molecule has 0 atom stereocenters. The van der Waals surface area contributed by atoms with E-state index in [1.165, 1.54) is 57.6 Å². The van der Waals surface area contributed by atoms with Gasteiger partial charge in [-0.15, -0.1) is 0 Å². The molecule has 0 heterocycles. The van der Waals surface area contributed by atoms with Gasteiger partial charge in [-0.05, 0) is 86.0 Å². The van der Waals surface area contributed by atoms with Crippen LogP contribution in [0, 0.1) is 23.2 Å². The van der Waals surface area contributed by atoms with Crippen LogP contribution < -0.4 is 15.4 Å². The van der Waals surface area contributed by atoms with Gasteiger partial charge in [0.1, 0.15) is 0 Å². The third-order valence-corrected chi connectivity index (χ3v) is 8.40. The predicted octanol–water partition coefficient (Wildman–Crippen LogP) is 2.65. The van der Waals surface area contributed by atoms with Crippen LogP contribution in [-0.4, -0.2) is 33.3 Å². The number of rotatable bonds is 8. The van der Waals surface area contributed by atoms with Gasteiger partial charge in [0.05, 0.1) is 4.90 Å². The van der Waals surface area contributed by atoms with Crippen LogP contribution in [0.1, 0.15) is 51.9 Å². The number of hydrogen-bond acceptors (Lipinski definition) is 4. The van der Waals surface area contributed by atoms with Crippen molar-refractivity contribution in [2.24, 2.45) is 23.2 Å². The fourth-order valence-corrected chi connectivity index (χ4v) is 7.33. The van der Waals surface area contributed by atoms with E-state index in [-0.39, 0.29) is 35.2 Å². The summed E-state index contributed by atoms with van der Waals surface area (Å²) in [7, 11) is -3.66. The van der Waals surface area contributed by atoms with Crippen LogP contribution >= 0.6 is 0 Å². The quantitative estimate of drug-likeness (QED) is 0.548. The van der Waals surface area contributed by atoms with Gasteiger partial charge in [-0.3, -0.25) is 9.59 Å². The minimum absolute atomic E-state index is 0.0378. The molecule has 4 fully saturated rings. The standard InChI is InChI=1S/C22H31N3O4S/c1-15(26)25-19-2-4-20(5-3-19)30(28,29)24-7-6-23-21(27)14-22-11-16-8-17(12-22)10-18(9-16)13-22/h2-5,16-18,24H,6-14H2,1H3,(H,23,27)(H,25,26). The molecule has 4 aliphatic carbocycles. The van der Waals surface area contributed by atoms with Gasteiger partial charge < -0.3 is 10.6 Å². The Morgan fingerprint density at radius 2 is 1.53 bits per heavy atom. The molecule has 3 N–H and O–H groups in total. The molecular weight excluding hydrogens is 402 g/mol. The van der Waals surface area contributed by atoms with Crippen molar-refractivity contribution in [3.63, 3.8) is 0 Å². The van der Waals surface area contributed by atoms with E-state index in [1.807, 2.05) is 0 Å². The monoisotopic (exact) mass is 433 g/mol. The molecule has 1 aromatic carbocycles. The summed E-state index contributed by atoms with van der Waals surface area (Å²) in [5, 5.41) is 5.50. The Hall–Kier alpha value is -1.93. The topological polar surface area (TPSA) is 104 Å². The SMILES string of the molecule is CC(=O)Nc1ccc(S(=O)(=O)NCCNC(=O)CC23CC4CC(CC(C4)C2)C3)cc1.